The molecule has 0 atom stereocenters. The maximum absolute atomic E-state index is 5.95. The van der Waals surface area contributed by atoms with Gasteiger partial charge in [0.2, 0.25) is 0 Å². The minimum absolute atomic E-state index is 0.243. The summed E-state index contributed by atoms with van der Waals surface area (Å²) in [5, 5.41) is 0. The highest BCUT2D eigenvalue weighted by Crippen LogP contribution is 2.37. The summed E-state index contributed by atoms with van der Waals surface area (Å²) in [6.07, 6.45) is 1.83. The van der Waals surface area contributed by atoms with Gasteiger partial charge in [-0.1, -0.05) is 25.1 Å². The van der Waals surface area contributed by atoms with E-state index in [4.69, 9.17) is 9.47 Å². The molecule has 0 saturated carbocycles. The van der Waals surface area contributed by atoms with E-state index in [9.17, 15) is 0 Å². The van der Waals surface area contributed by atoms with Gasteiger partial charge >= 0.3 is 0 Å². The molecule has 18 heavy (non-hydrogen) atoms. The quantitative estimate of drug-likeness (QED) is 0.768. The van der Waals surface area contributed by atoms with Crippen molar-refractivity contribution < 1.29 is 9.47 Å². The lowest BCUT2D eigenvalue weighted by Crippen LogP contribution is -2.23. The Hall–Kier alpha value is -1.44. The predicted octanol–water partition coefficient (Wildman–Crippen LogP) is 4.39. The fourth-order valence-corrected chi connectivity index (χ4v) is 1.64. The second-order valence-electron chi connectivity index (χ2n) is 5.17. The molecule has 0 bridgehead atoms. The van der Waals surface area contributed by atoms with Crippen molar-refractivity contribution in [3.05, 3.63) is 42.3 Å². The van der Waals surface area contributed by atoms with Gasteiger partial charge in [0.05, 0.1) is 6.61 Å². The monoisotopic (exact) mass is 247 g/mol. The second kappa shape index (κ2) is 5.94. The predicted molar refractivity (Wildman–Crippen MR) is 76.2 cm³/mol. The minimum atomic E-state index is -0.243. The molecule has 0 heterocycles. The summed E-state index contributed by atoms with van der Waals surface area (Å²) in [6, 6.07) is 5.94. The van der Waals surface area contributed by atoms with Crippen LogP contribution in [-0.4, -0.2) is 12.2 Å². The Bertz CT molecular complexity index is 402. The fraction of sp³-hybridized carbons (Fsp3) is 0.438. The largest absolute Gasteiger partial charge is 0.490 e. The zero-order chi connectivity index (χ0) is 13.8. The first-order chi connectivity index (χ1) is 8.39. The number of allylic oxidation sites excluding steroid dienone is 1. The van der Waals surface area contributed by atoms with E-state index in [2.05, 4.69) is 6.58 Å². The average Bonchev–Trinajstić information content (AvgIpc) is 2.28. The van der Waals surface area contributed by atoms with Crippen molar-refractivity contribution in [2.75, 3.05) is 6.61 Å². The molecule has 0 aliphatic rings. The Morgan fingerprint density at radius 3 is 2.50 bits per heavy atom. The van der Waals surface area contributed by atoms with Crippen LogP contribution in [0.3, 0.4) is 0 Å². The number of benzene rings is 1. The summed E-state index contributed by atoms with van der Waals surface area (Å²) < 4.78 is 11.7. The molecule has 0 N–H and O–H groups in total. The van der Waals surface area contributed by atoms with Crippen LogP contribution in [0.2, 0.25) is 0 Å². The van der Waals surface area contributed by atoms with Crippen molar-refractivity contribution in [2.45, 2.75) is 40.2 Å². The lowest BCUT2D eigenvalue weighted by atomic mass is 9.99. The van der Waals surface area contributed by atoms with E-state index in [1.807, 2.05) is 58.9 Å². The lowest BCUT2D eigenvalue weighted by molar-refractivity contribution is 0.124. The second-order valence-corrected chi connectivity index (χ2v) is 5.17. The number of hydrogen-bond acceptors (Lipinski definition) is 2. The molecule has 0 spiro atoms. The van der Waals surface area contributed by atoms with E-state index in [1.54, 1.807) is 0 Å². The smallest absolute Gasteiger partial charge is 0.165 e. The van der Waals surface area contributed by atoms with Gasteiger partial charge in [0.25, 0.3) is 0 Å². The van der Waals surface area contributed by atoms with Crippen LogP contribution < -0.4 is 9.47 Å². The molecule has 0 amide bonds. The Kier molecular flexibility index (Phi) is 4.83. The highest BCUT2D eigenvalue weighted by molar-refractivity contribution is 5.54. The SMILES string of the molecule is C=C[C](C)c1cccc(OC(C)(C)C)c1OCC. The summed E-state index contributed by atoms with van der Waals surface area (Å²) in [5.41, 5.74) is 0.792. The molecule has 0 aliphatic heterocycles. The summed E-state index contributed by atoms with van der Waals surface area (Å²) in [6.45, 7) is 14.5. The van der Waals surface area contributed by atoms with Crippen molar-refractivity contribution in [3.63, 3.8) is 0 Å². The maximum Gasteiger partial charge on any atom is 0.165 e. The van der Waals surface area contributed by atoms with Crippen molar-refractivity contribution in [3.8, 4) is 11.5 Å². The van der Waals surface area contributed by atoms with Gasteiger partial charge in [0.15, 0.2) is 11.5 Å². The van der Waals surface area contributed by atoms with Gasteiger partial charge in [0.1, 0.15) is 5.60 Å². The number of ether oxygens (including phenoxy) is 2. The topological polar surface area (TPSA) is 18.5 Å². The van der Waals surface area contributed by atoms with E-state index >= 15 is 0 Å². The number of para-hydroxylation sites is 1. The van der Waals surface area contributed by atoms with E-state index in [0.29, 0.717) is 6.61 Å². The molecule has 0 aromatic heterocycles. The van der Waals surface area contributed by atoms with Crippen LogP contribution in [0.25, 0.3) is 0 Å². The van der Waals surface area contributed by atoms with Crippen LogP contribution in [0.15, 0.2) is 30.9 Å². The molecule has 1 aromatic rings. The lowest BCUT2D eigenvalue weighted by Gasteiger charge is -2.25. The third-order valence-corrected chi connectivity index (χ3v) is 2.41. The summed E-state index contributed by atoms with van der Waals surface area (Å²) >= 11 is 0. The first-order valence-electron chi connectivity index (χ1n) is 6.30. The molecular formula is C16H23O2. The first-order valence-corrected chi connectivity index (χ1v) is 6.30. The Balaban J connectivity index is 3.20. The normalized spacial score (nSPS) is 11.4. The standard InChI is InChI=1S/C16H23O2/c1-7-12(3)13-10-9-11-14(15(13)17-8-2)18-16(4,5)6/h7,9-11H,1,8H2,2-6H3. The molecule has 1 radical (unpaired) electrons. The molecule has 2 nitrogen and oxygen atoms in total. The third-order valence-electron chi connectivity index (χ3n) is 2.41. The molecule has 0 aliphatic carbocycles. The van der Waals surface area contributed by atoms with Crippen LogP contribution in [-0.2, 0) is 0 Å². The summed E-state index contributed by atoms with van der Waals surface area (Å²) in [4.78, 5) is 0. The highest BCUT2D eigenvalue weighted by atomic mass is 16.5. The van der Waals surface area contributed by atoms with Crippen LogP contribution in [0.4, 0.5) is 0 Å². The number of rotatable bonds is 5. The molecule has 99 valence electrons. The molecular weight excluding hydrogens is 224 g/mol. The Labute approximate surface area is 111 Å². The zero-order valence-corrected chi connectivity index (χ0v) is 12.0. The maximum atomic E-state index is 5.95. The molecule has 1 aromatic carbocycles. The first kappa shape index (κ1) is 14.6. The Morgan fingerprint density at radius 1 is 1.33 bits per heavy atom. The van der Waals surface area contributed by atoms with Crippen LogP contribution in [0.5, 0.6) is 11.5 Å². The third kappa shape index (κ3) is 3.80. The van der Waals surface area contributed by atoms with E-state index in [1.165, 1.54) is 0 Å². The van der Waals surface area contributed by atoms with Crippen LogP contribution >= 0.6 is 0 Å². The van der Waals surface area contributed by atoms with Crippen molar-refractivity contribution in [1.82, 2.24) is 0 Å². The molecule has 2 heteroatoms. The van der Waals surface area contributed by atoms with Gasteiger partial charge in [-0.2, -0.15) is 0 Å². The summed E-state index contributed by atoms with van der Waals surface area (Å²) in [5.74, 6) is 2.66. The van der Waals surface area contributed by atoms with E-state index < -0.39 is 0 Å². The zero-order valence-electron chi connectivity index (χ0n) is 12.0. The number of hydrogen-bond donors (Lipinski definition) is 0. The van der Waals surface area contributed by atoms with Gasteiger partial charge in [0, 0.05) is 11.5 Å². The molecule has 0 fully saturated rings. The summed E-state index contributed by atoms with van der Waals surface area (Å²) in [7, 11) is 0. The Morgan fingerprint density at radius 2 is 2.00 bits per heavy atom. The molecule has 0 unspecified atom stereocenters. The van der Waals surface area contributed by atoms with Gasteiger partial charge in [-0.05, 0) is 33.8 Å². The molecule has 0 saturated heterocycles. The molecule has 1 rings (SSSR count). The van der Waals surface area contributed by atoms with Crippen molar-refractivity contribution >= 4 is 0 Å². The van der Waals surface area contributed by atoms with E-state index in [0.717, 1.165) is 23.0 Å². The average molecular weight is 247 g/mol. The van der Waals surface area contributed by atoms with Crippen LogP contribution in [0.1, 0.15) is 40.2 Å². The van der Waals surface area contributed by atoms with Gasteiger partial charge in [-0.15, -0.1) is 6.58 Å². The van der Waals surface area contributed by atoms with Crippen molar-refractivity contribution in [2.24, 2.45) is 0 Å². The fourth-order valence-electron chi connectivity index (χ4n) is 1.64. The van der Waals surface area contributed by atoms with Crippen molar-refractivity contribution in [1.29, 1.82) is 0 Å². The van der Waals surface area contributed by atoms with Crippen LogP contribution in [0, 0.1) is 5.92 Å². The minimum Gasteiger partial charge on any atom is -0.490 e. The van der Waals surface area contributed by atoms with Gasteiger partial charge in [-0.3, -0.25) is 0 Å². The highest BCUT2D eigenvalue weighted by Gasteiger charge is 2.19. The van der Waals surface area contributed by atoms with Gasteiger partial charge < -0.3 is 9.47 Å². The van der Waals surface area contributed by atoms with E-state index in [-0.39, 0.29) is 5.60 Å². The van der Waals surface area contributed by atoms with Gasteiger partial charge in [-0.25, -0.2) is 0 Å².